The average Bonchev–Trinajstić information content (AvgIpc) is 3.01. The van der Waals surface area contributed by atoms with Crippen LogP contribution >= 0.6 is 0 Å². The van der Waals surface area contributed by atoms with Gasteiger partial charge in [0.15, 0.2) is 0 Å². The van der Waals surface area contributed by atoms with Crippen molar-refractivity contribution in [2.24, 2.45) is 0 Å². The van der Waals surface area contributed by atoms with E-state index in [4.69, 9.17) is 4.74 Å². The van der Waals surface area contributed by atoms with Crippen molar-refractivity contribution < 1.29 is 27.1 Å². The van der Waals surface area contributed by atoms with Crippen LogP contribution in [0.2, 0.25) is 0 Å². The molecule has 28 heavy (non-hydrogen) atoms. The number of hydrogen-bond acceptors (Lipinski definition) is 5. The second kappa shape index (κ2) is 8.07. The van der Waals surface area contributed by atoms with Gasteiger partial charge in [-0.3, -0.25) is 14.5 Å². The van der Waals surface area contributed by atoms with Crippen molar-refractivity contribution in [1.82, 2.24) is 4.72 Å². The van der Waals surface area contributed by atoms with E-state index in [9.17, 15) is 22.4 Å². The number of halogens is 1. The van der Waals surface area contributed by atoms with Crippen LogP contribution in [0.5, 0.6) is 5.75 Å². The standard InChI is InChI=1S/C19H19FN2O5S/c1-27-16-7-6-14(22-18(23)8-9-19(22)24)12-17(16)28(25,26)21-11-10-13-4-2-3-5-15(13)20/h2-7,12,21H,8-11H2,1H3. The number of imide groups is 1. The first-order chi connectivity index (χ1) is 13.3. The zero-order valence-corrected chi connectivity index (χ0v) is 16.0. The minimum Gasteiger partial charge on any atom is -0.495 e. The summed E-state index contributed by atoms with van der Waals surface area (Å²) in [5.74, 6) is -1.11. The number of carbonyl (C=O) groups excluding carboxylic acids is 2. The third-order valence-electron chi connectivity index (χ3n) is 4.39. The Hall–Kier alpha value is -2.78. The Bertz CT molecular complexity index is 1010. The van der Waals surface area contributed by atoms with Crippen LogP contribution in [0.1, 0.15) is 18.4 Å². The smallest absolute Gasteiger partial charge is 0.244 e. The highest BCUT2D eigenvalue weighted by Gasteiger charge is 2.32. The fourth-order valence-corrected chi connectivity index (χ4v) is 4.20. The molecule has 0 bridgehead atoms. The highest BCUT2D eigenvalue weighted by atomic mass is 32.2. The second-order valence-corrected chi connectivity index (χ2v) is 7.93. The number of sulfonamides is 1. The maximum absolute atomic E-state index is 13.7. The number of benzene rings is 2. The summed E-state index contributed by atoms with van der Waals surface area (Å²) in [5, 5.41) is 0. The topological polar surface area (TPSA) is 92.8 Å². The van der Waals surface area contributed by atoms with Crippen molar-refractivity contribution in [3.05, 3.63) is 53.8 Å². The predicted molar refractivity (Wildman–Crippen MR) is 100 cm³/mol. The molecule has 0 spiro atoms. The van der Waals surface area contributed by atoms with Gasteiger partial charge in [-0.2, -0.15) is 0 Å². The van der Waals surface area contributed by atoms with Gasteiger partial charge in [-0.25, -0.2) is 17.5 Å². The minimum atomic E-state index is -4.02. The van der Waals surface area contributed by atoms with Gasteiger partial charge in [-0.1, -0.05) is 18.2 Å². The molecule has 7 nitrogen and oxygen atoms in total. The largest absolute Gasteiger partial charge is 0.495 e. The summed E-state index contributed by atoms with van der Waals surface area (Å²) < 4.78 is 46.7. The molecule has 3 rings (SSSR count). The van der Waals surface area contributed by atoms with Gasteiger partial charge in [0, 0.05) is 19.4 Å². The molecule has 1 fully saturated rings. The Morgan fingerprint density at radius 1 is 1.11 bits per heavy atom. The first-order valence-corrected chi connectivity index (χ1v) is 10.1. The third kappa shape index (κ3) is 4.05. The molecule has 1 heterocycles. The Labute approximate surface area is 162 Å². The van der Waals surface area contributed by atoms with Crippen LogP contribution in [-0.4, -0.2) is 33.9 Å². The molecule has 0 aromatic heterocycles. The molecule has 0 aliphatic carbocycles. The van der Waals surface area contributed by atoms with E-state index in [0.717, 1.165) is 4.90 Å². The maximum Gasteiger partial charge on any atom is 0.244 e. The molecule has 148 valence electrons. The summed E-state index contributed by atoms with van der Waals surface area (Å²) in [7, 11) is -2.70. The normalized spacial score (nSPS) is 14.6. The Morgan fingerprint density at radius 2 is 1.79 bits per heavy atom. The molecule has 9 heteroatoms. The van der Waals surface area contributed by atoms with Crippen molar-refractivity contribution in [1.29, 1.82) is 0 Å². The van der Waals surface area contributed by atoms with E-state index in [-0.39, 0.29) is 54.0 Å². The molecular weight excluding hydrogens is 387 g/mol. The van der Waals surface area contributed by atoms with Gasteiger partial charge >= 0.3 is 0 Å². The van der Waals surface area contributed by atoms with Crippen molar-refractivity contribution >= 4 is 27.5 Å². The van der Waals surface area contributed by atoms with Crippen LogP contribution in [0, 0.1) is 5.82 Å². The highest BCUT2D eigenvalue weighted by Crippen LogP contribution is 2.31. The molecule has 2 amide bonds. The number of amides is 2. The summed E-state index contributed by atoms with van der Waals surface area (Å²) in [5.41, 5.74) is 0.557. The number of anilines is 1. The molecule has 2 aromatic carbocycles. The summed E-state index contributed by atoms with van der Waals surface area (Å²) in [4.78, 5) is 24.6. The van der Waals surface area contributed by atoms with Crippen molar-refractivity contribution in [2.45, 2.75) is 24.2 Å². The van der Waals surface area contributed by atoms with Crippen LogP contribution in [-0.2, 0) is 26.0 Å². The second-order valence-electron chi connectivity index (χ2n) is 6.20. The van der Waals surface area contributed by atoms with Gasteiger partial charge in [-0.15, -0.1) is 0 Å². The van der Waals surface area contributed by atoms with E-state index < -0.39 is 15.8 Å². The van der Waals surface area contributed by atoms with Gasteiger partial charge in [-0.05, 0) is 36.2 Å². The molecule has 2 aromatic rings. The maximum atomic E-state index is 13.7. The molecule has 0 atom stereocenters. The van der Waals surface area contributed by atoms with Gasteiger partial charge < -0.3 is 4.74 Å². The minimum absolute atomic E-state index is 0.0295. The predicted octanol–water partition coefficient (Wildman–Crippen LogP) is 2.01. The van der Waals surface area contributed by atoms with E-state index in [1.807, 2.05) is 0 Å². The monoisotopic (exact) mass is 406 g/mol. The zero-order chi connectivity index (χ0) is 20.3. The van der Waals surface area contributed by atoms with Crippen molar-refractivity contribution in [3.8, 4) is 5.75 Å². The number of hydrogen-bond donors (Lipinski definition) is 1. The molecule has 1 aliphatic heterocycles. The van der Waals surface area contributed by atoms with Crippen LogP contribution in [0.3, 0.4) is 0 Å². The third-order valence-corrected chi connectivity index (χ3v) is 5.87. The lowest BCUT2D eigenvalue weighted by molar-refractivity contribution is -0.121. The number of ether oxygens (including phenoxy) is 1. The average molecular weight is 406 g/mol. The van der Waals surface area contributed by atoms with Gasteiger partial charge in [0.25, 0.3) is 0 Å². The number of rotatable bonds is 7. The molecule has 1 aliphatic rings. The summed E-state index contributed by atoms with van der Waals surface area (Å²) in [6, 6.07) is 10.2. The molecule has 1 N–H and O–H groups in total. The molecule has 1 saturated heterocycles. The van der Waals surface area contributed by atoms with Crippen molar-refractivity contribution in [2.75, 3.05) is 18.6 Å². The zero-order valence-electron chi connectivity index (χ0n) is 15.1. The first kappa shape index (κ1) is 20.0. The van der Waals surface area contributed by atoms with Gasteiger partial charge in [0.1, 0.15) is 16.5 Å². The quantitative estimate of drug-likeness (QED) is 0.710. The fraction of sp³-hybridized carbons (Fsp3) is 0.263. The van der Waals surface area contributed by atoms with E-state index in [1.54, 1.807) is 18.2 Å². The lowest BCUT2D eigenvalue weighted by Gasteiger charge is -2.17. The molecular formula is C19H19FN2O5S. The van der Waals surface area contributed by atoms with Gasteiger partial charge in [0.2, 0.25) is 21.8 Å². The number of methoxy groups -OCH3 is 1. The fourth-order valence-electron chi connectivity index (χ4n) is 2.98. The van der Waals surface area contributed by atoms with Gasteiger partial charge in [0.05, 0.1) is 12.8 Å². The van der Waals surface area contributed by atoms with E-state index >= 15 is 0 Å². The van der Waals surface area contributed by atoms with Crippen LogP contribution in [0.25, 0.3) is 0 Å². The van der Waals surface area contributed by atoms with Crippen LogP contribution in [0.4, 0.5) is 10.1 Å². The van der Waals surface area contributed by atoms with E-state index in [2.05, 4.69) is 4.72 Å². The summed E-state index contributed by atoms with van der Waals surface area (Å²) >= 11 is 0. The van der Waals surface area contributed by atoms with E-state index in [0.29, 0.717) is 5.56 Å². The molecule has 0 radical (unpaired) electrons. The van der Waals surface area contributed by atoms with Crippen LogP contribution < -0.4 is 14.4 Å². The molecule has 0 saturated carbocycles. The number of carbonyl (C=O) groups is 2. The van der Waals surface area contributed by atoms with Crippen molar-refractivity contribution in [3.63, 3.8) is 0 Å². The summed E-state index contributed by atoms with van der Waals surface area (Å²) in [6.45, 7) is -0.0295. The highest BCUT2D eigenvalue weighted by molar-refractivity contribution is 7.89. The SMILES string of the molecule is COc1ccc(N2C(=O)CCC2=O)cc1S(=O)(=O)NCCc1ccccc1F. The Kier molecular flexibility index (Phi) is 5.76. The Balaban J connectivity index is 1.83. The van der Waals surface area contributed by atoms with E-state index in [1.165, 1.54) is 31.4 Å². The summed E-state index contributed by atoms with van der Waals surface area (Å²) in [6.07, 6.45) is 0.346. The number of nitrogens with zero attached hydrogens (tertiary/aromatic N) is 1. The van der Waals surface area contributed by atoms with Crippen LogP contribution in [0.15, 0.2) is 47.4 Å². The Morgan fingerprint density at radius 3 is 2.43 bits per heavy atom. The number of nitrogens with one attached hydrogen (secondary N) is 1. The first-order valence-electron chi connectivity index (χ1n) is 8.60. The lowest BCUT2D eigenvalue weighted by Crippen LogP contribution is -2.30. The lowest BCUT2D eigenvalue weighted by atomic mass is 10.1. The molecule has 0 unspecified atom stereocenters.